The Bertz CT molecular complexity index is 764. The summed E-state index contributed by atoms with van der Waals surface area (Å²) in [6.07, 6.45) is 9.30. The van der Waals surface area contributed by atoms with Gasteiger partial charge in [-0.25, -0.2) is 9.59 Å². The molecule has 8 heteroatoms. The van der Waals surface area contributed by atoms with Gasteiger partial charge < -0.3 is 14.8 Å². The maximum absolute atomic E-state index is 12.9. The molecular formula is C23H33ClN2O5. The smallest absolute Gasteiger partial charge is 0.410 e. The largest absolute Gasteiger partial charge is 0.467 e. The van der Waals surface area contributed by atoms with E-state index in [-0.39, 0.29) is 6.42 Å². The summed E-state index contributed by atoms with van der Waals surface area (Å²) in [5, 5.41) is 3.21. The monoisotopic (exact) mass is 452 g/mol. The van der Waals surface area contributed by atoms with Crippen molar-refractivity contribution in [3.63, 3.8) is 0 Å². The van der Waals surface area contributed by atoms with Gasteiger partial charge in [0, 0.05) is 18.0 Å². The van der Waals surface area contributed by atoms with Gasteiger partial charge in [-0.2, -0.15) is 0 Å². The third-order valence-corrected chi connectivity index (χ3v) is 4.78. The summed E-state index contributed by atoms with van der Waals surface area (Å²) in [6, 6.07) is -1.60. The Morgan fingerprint density at radius 3 is 2.52 bits per heavy atom. The second kappa shape index (κ2) is 12.3. The molecule has 0 aromatic heterocycles. The summed E-state index contributed by atoms with van der Waals surface area (Å²) in [5.74, 6) is -0.988. The van der Waals surface area contributed by atoms with Gasteiger partial charge in [-0.3, -0.25) is 9.69 Å². The first-order valence-electron chi connectivity index (χ1n) is 10.2. The number of carbonyl (C=O) groups excluding carboxylic acids is 3. The number of allylic oxidation sites excluding steroid dienone is 6. The van der Waals surface area contributed by atoms with E-state index >= 15 is 0 Å². The lowest BCUT2D eigenvalue weighted by atomic mass is 10.0. The molecule has 1 rings (SSSR count). The number of hydrogen-bond acceptors (Lipinski definition) is 5. The molecule has 0 aromatic carbocycles. The summed E-state index contributed by atoms with van der Waals surface area (Å²) in [4.78, 5) is 39.1. The molecule has 1 heterocycles. The molecule has 0 aromatic rings. The minimum absolute atomic E-state index is 0.211. The van der Waals surface area contributed by atoms with Crippen molar-refractivity contribution in [3.05, 3.63) is 47.6 Å². The van der Waals surface area contributed by atoms with Gasteiger partial charge in [0.1, 0.15) is 17.7 Å². The maximum atomic E-state index is 12.9. The normalized spacial score (nSPS) is 18.6. The van der Waals surface area contributed by atoms with Crippen LogP contribution in [-0.2, 0) is 19.1 Å². The average Bonchev–Trinajstić information content (AvgIpc) is 3.18. The van der Waals surface area contributed by atoms with Gasteiger partial charge in [0.15, 0.2) is 0 Å². The van der Waals surface area contributed by atoms with Crippen molar-refractivity contribution in [1.82, 2.24) is 10.2 Å². The predicted octanol–water partition coefficient (Wildman–Crippen LogP) is 4.25. The Morgan fingerprint density at radius 2 is 1.97 bits per heavy atom. The van der Waals surface area contributed by atoms with E-state index in [4.69, 9.17) is 21.1 Å². The van der Waals surface area contributed by atoms with Gasteiger partial charge in [0.2, 0.25) is 5.91 Å². The lowest BCUT2D eigenvalue weighted by Gasteiger charge is -2.29. The molecule has 0 aliphatic carbocycles. The van der Waals surface area contributed by atoms with Crippen molar-refractivity contribution in [1.29, 1.82) is 0 Å². The van der Waals surface area contributed by atoms with E-state index in [1.165, 1.54) is 12.0 Å². The van der Waals surface area contributed by atoms with Crippen molar-refractivity contribution in [2.75, 3.05) is 13.7 Å². The number of amides is 2. The number of nitrogens with one attached hydrogen (secondary N) is 1. The van der Waals surface area contributed by atoms with Crippen LogP contribution in [0, 0.1) is 0 Å². The molecule has 2 amide bonds. The van der Waals surface area contributed by atoms with Crippen LogP contribution >= 0.6 is 11.6 Å². The molecule has 0 spiro atoms. The van der Waals surface area contributed by atoms with Gasteiger partial charge >= 0.3 is 12.1 Å². The first-order valence-corrected chi connectivity index (χ1v) is 10.6. The second-order valence-electron chi connectivity index (χ2n) is 8.10. The number of hydrogen-bond donors (Lipinski definition) is 1. The number of ether oxygens (including phenoxy) is 2. The average molecular weight is 453 g/mol. The summed E-state index contributed by atoms with van der Waals surface area (Å²) in [5.41, 5.74) is 0.116. The molecule has 1 saturated heterocycles. The Labute approximate surface area is 189 Å². The van der Waals surface area contributed by atoms with Gasteiger partial charge in [-0.1, -0.05) is 36.4 Å². The Balaban J connectivity index is 2.92. The fourth-order valence-corrected chi connectivity index (χ4v) is 3.21. The van der Waals surface area contributed by atoms with E-state index in [0.717, 1.165) is 5.57 Å². The molecule has 1 fully saturated rings. The quantitative estimate of drug-likeness (QED) is 0.439. The van der Waals surface area contributed by atoms with Crippen molar-refractivity contribution in [2.45, 2.75) is 64.6 Å². The highest BCUT2D eigenvalue weighted by Crippen LogP contribution is 2.22. The lowest BCUT2D eigenvalue weighted by Crippen LogP contribution is -2.51. The highest BCUT2D eigenvalue weighted by Gasteiger charge is 2.38. The number of rotatable bonds is 8. The number of carbonyl (C=O) groups is 3. The van der Waals surface area contributed by atoms with Crippen LogP contribution in [-0.4, -0.2) is 54.2 Å². The molecule has 1 aliphatic heterocycles. The summed E-state index contributed by atoms with van der Waals surface area (Å²) in [6.45, 7) is 11.1. The zero-order valence-corrected chi connectivity index (χ0v) is 19.7. The fourth-order valence-electron chi connectivity index (χ4n) is 3.05. The first kappa shape index (κ1) is 26.5. The molecule has 0 radical (unpaired) electrons. The number of esters is 1. The van der Waals surface area contributed by atoms with Crippen LogP contribution in [0.4, 0.5) is 4.79 Å². The maximum Gasteiger partial charge on any atom is 0.410 e. The molecule has 0 bridgehead atoms. The van der Waals surface area contributed by atoms with Crippen LogP contribution in [0.15, 0.2) is 47.6 Å². The second-order valence-corrected chi connectivity index (χ2v) is 8.54. The van der Waals surface area contributed by atoms with Gasteiger partial charge in [0.25, 0.3) is 0 Å². The zero-order chi connectivity index (χ0) is 23.6. The van der Waals surface area contributed by atoms with Gasteiger partial charge in [-0.05, 0) is 58.3 Å². The highest BCUT2D eigenvalue weighted by molar-refractivity contribution is 6.31. The minimum Gasteiger partial charge on any atom is -0.467 e. The Kier molecular flexibility index (Phi) is 10.6. The van der Waals surface area contributed by atoms with Crippen LogP contribution in [0.1, 0.15) is 47.0 Å². The van der Waals surface area contributed by atoms with Gasteiger partial charge in [-0.15, -0.1) is 0 Å². The van der Waals surface area contributed by atoms with Crippen LogP contribution < -0.4 is 5.32 Å². The number of methoxy groups -OCH3 is 1. The van der Waals surface area contributed by atoms with Crippen LogP contribution in [0.2, 0.25) is 0 Å². The molecule has 2 atom stereocenters. The molecule has 2 unspecified atom stereocenters. The van der Waals surface area contributed by atoms with Crippen molar-refractivity contribution >= 4 is 29.6 Å². The molecule has 31 heavy (non-hydrogen) atoms. The van der Waals surface area contributed by atoms with Crippen molar-refractivity contribution in [2.24, 2.45) is 0 Å². The van der Waals surface area contributed by atoms with E-state index in [2.05, 4.69) is 11.9 Å². The topological polar surface area (TPSA) is 84.9 Å². The molecule has 1 aliphatic rings. The van der Waals surface area contributed by atoms with Gasteiger partial charge in [0.05, 0.1) is 7.11 Å². The third-order valence-electron chi connectivity index (χ3n) is 4.53. The number of likely N-dealkylation sites (tertiary alicyclic amines) is 1. The van der Waals surface area contributed by atoms with Crippen molar-refractivity contribution < 1.29 is 23.9 Å². The number of nitrogens with zero attached hydrogens (tertiary/aromatic N) is 1. The van der Waals surface area contributed by atoms with Crippen LogP contribution in [0.25, 0.3) is 0 Å². The van der Waals surface area contributed by atoms with E-state index in [9.17, 15) is 14.4 Å². The minimum atomic E-state index is -0.906. The standard InChI is InChI=1S/C23H33ClN2O5/c1-7-10-17(24)13-12-16(8-2)15-18(21(28)30-6)25-20(27)19-11-9-14-26(19)22(29)31-23(3,4)5/h7-8,10,12-13,18-19H,1,9,11,14-15H2,2-6H3,(H,25,27)/b13-12-,16-8+,17-10+. The highest BCUT2D eigenvalue weighted by atomic mass is 35.5. The first-order chi connectivity index (χ1) is 14.5. The molecule has 172 valence electrons. The number of halogens is 1. The lowest BCUT2D eigenvalue weighted by molar-refractivity contribution is -0.145. The van der Waals surface area contributed by atoms with Crippen LogP contribution in [0.3, 0.4) is 0 Å². The fraction of sp³-hybridized carbons (Fsp3) is 0.522. The molecule has 7 nitrogen and oxygen atoms in total. The SMILES string of the molecule is C=C\C=C(Cl)/C=C\C(=C/C)CC(NC(=O)C1CCCN1C(=O)OC(C)(C)C)C(=O)OC. The molecule has 0 saturated carbocycles. The van der Waals surface area contributed by atoms with Crippen molar-refractivity contribution in [3.8, 4) is 0 Å². The molecule has 1 N–H and O–H groups in total. The summed E-state index contributed by atoms with van der Waals surface area (Å²) in [7, 11) is 1.26. The predicted molar refractivity (Wildman–Crippen MR) is 122 cm³/mol. The third kappa shape index (κ3) is 9.00. The van der Waals surface area contributed by atoms with E-state index in [0.29, 0.717) is 24.4 Å². The summed E-state index contributed by atoms with van der Waals surface area (Å²) >= 11 is 6.04. The van der Waals surface area contributed by atoms with E-state index in [1.54, 1.807) is 45.1 Å². The zero-order valence-electron chi connectivity index (χ0n) is 18.9. The van der Waals surface area contributed by atoms with E-state index < -0.39 is 35.7 Å². The van der Waals surface area contributed by atoms with Crippen LogP contribution in [0.5, 0.6) is 0 Å². The summed E-state index contributed by atoms with van der Waals surface area (Å²) < 4.78 is 10.3. The molecular weight excluding hydrogens is 420 g/mol. The Morgan fingerprint density at radius 1 is 1.29 bits per heavy atom. The Hall–Kier alpha value is -2.54. The van der Waals surface area contributed by atoms with E-state index in [1.807, 2.05) is 13.0 Å².